The van der Waals surface area contributed by atoms with Gasteiger partial charge in [-0.2, -0.15) is 0 Å². The van der Waals surface area contributed by atoms with Gasteiger partial charge in [-0.25, -0.2) is 4.79 Å². The highest BCUT2D eigenvalue weighted by Crippen LogP contribution is 2.19. The Morgan fingerprint density at radius 2 is 2.00 bits per heavy atom. The first-order valence-electron chi connectivity index (χ1n) is 6.18. The van der Waals surface area contributed by atoms with Crippen LogP contribution < -0.4 is 10.5 Å². The molecule has 1 atom stereocenters. The molecular weight excluding hydrogens is 230 g/mol. The standard InChI is InChI=1S/C14H21NO3/c1-4-11-8-6-7-9-12(11)18-10-14(3,15)13(16)17-5-2/h6-9H,4-5,10,15H2,1-3H3. The van der Waals surface area contributed by atoms with Crippen molar-refractivity contribution in [3.8, 4) is 5.75 Å². The molecule has 0 aromatic heterocycles. The third-order valence-electron chi connectivity index (χ3n) is 2.62. The molecule has 0 radical (unpaired) electrons. The van der Waals surface area contributed by atoms with Gasteiger partial charge in [-0.1, -0.05) is 25.1 Å². The number of esters is 1. The molecule has 1 aromatic carbocycles. The topological polar surface area (TPSA) is 61.5 Å². The van der Waals surface area contributed by atoms with Gasteiger partial charge < -0.3 is 15.2 Å². The Labute approximate surface area is 108 Å². The number of carbonyl (C=O) groups is 1. The van der Waals surface area contributed by atoms with Crippen LogP contribution in [0.5, 0.6) is 5.75 Å². The second-order valence-corrected chi connectivity index (χ2v) is 4.39. The van der Waals surface area contributed by atoms with Gasteiger partial charge in [0.05, 0.1) is 6.61 Å². The van der Waals surface area contributed by atoms with Gasteiger partial charge in [-0.3, -0.25) is 0 Å². The van der Waals surface area contributed by atoms with E-state index in [9.17, 15) is 4.79 Å². The Morgan fingerprint density at radius 1 is 1.33 bits per heavy atom. The SMILES string of the molecule is CCOC(=O)C(C)(N)COc1ccccc1CC. The lowest BCUT2D eigenvalue weighted by molar-refractivity contribution is -0.150. The van der Waals surface area contributed by atoms with Crippen LogP contribution in [0.3, 0.4) is 0 Å². The van der Waals surface area contributed by atoms with Gasteiger partial charge in [0.15, 0.2) is 0 Å². The van der Waals surface area contributed by atoms with Crippen molar-refractivity contribution in [3.05, 3.63) is 29.8 Å². The van der Waals surface area contributed by atoms with E-state index in [0.717, 1.165) is 17.7 Å². The second kappa shape index (κ2) is 6.40. The van der Waals surface area contributed by atoms with E-state index in [1.165, 1.54) is 0 Å². The number of carbonyl (C=O) groups excluding carboxylic acids is 1. The molecule has 2 N–H and O–H groups in total. The van der Waals surface area contributed by atoms with Gasteiger partial charge in [0.2, 0.25) is 0 Å². The van der Waals surface area contributed by atoms with Crippen molar-refractivity contribution in [2.24, 2.45) is 5.73 Å². The molecule has 0 heterocycles. The third kappa shape index (κ3) is 3.74. The average molecular weight is 251 g/mol. The van der Waals surface area contributed by atoms with Crippen molar-refractivity contribution in [2.75, 3.05) is 13.2 Å². The Bertz CT molecular complexity index is 402. The van der Waals surface area contributed by atoms with Gasteiger partial charge in [0.25, 0.3) is 0 Å². The smallest absolute Gasteiger partial charge is 0.329 e. The summed E-state index contributed by atoms with van der Waals surface area (Å²) in [4.78, 5) is 11.6. The fourth-order valence-electron chi connectivity index (χ4n) is 1.52. The highest BCUT2D eigenvalue weighted by atomic mass is 16.5. The van der Waals surface area contributed by atoms with Gasteiger partial charge in [-0.15, -0.1) is 0 Å². The largest absolute Gasteiger partial charge is 0.491 e. The van der Waals surface area contributed by atoms with Gasteiger partial charge in [0.1, 0.15) is 17.9 Å². The first kappa shape index (κ1) is 14.5. The summed E-state index contributed by atoms with van der Waals surface area (Å²) in [7, 11) is 0. The molecule has 0 spiro atoms. The molecule has 100 valence electrons. The zero-order valence-corrected chi connectivity index (χ0v) is 11.2. The van der Waals surface area contributed by atoms with Crippen LogP contribution >= 0.6 is 0 Å². The minimum Gasteiger partial charge on any atom is -0.491 e. The van der Waals surface area contributed by atoms with Gasteiger partial charge in [-0.05, 0) is 31.9 Å². The van der Waals surface area contributed by atoms with Crippen LogP contribution in [-0.2, 0) is 16.0 Å². The van der Waals surface area contributed by atoms with E-state index in [-0.39, 0.29) is 6.61 Å². The lowest BCUT2D eigenvalue weighted by Gasteiger charge is -2.23. The molecule has 0 amide bonds. The highest BCUT2D eigenvalue weighted by Gasteiger charge is 2.31. The first-order chi connectivity index (χ1) is 8.51. The maximum absolute atomic E-state index is 11.6. The molecule has 1 rings (SSSR count). The summed E-state index contributed by atoms with van der Waals surface area (Å²) >= 11 is 0. The van der Waals surface area contributed by atoms with Crippen LogP contribution in [0.1, 0.15) is 26.3 Å². The summed E-state index contributed by atoms with van der Waals surface area (Å²) in [5.41, 5.74) is 5.85. The van der Waals surface area contributed by atoms with Crippen LogP contribution in [-0.4, -0.2) is 24.7 Å². The van der Waals surface area contributed by atoms with Crippen molar-refractivity contribution in [1.82, 2.24) is 0 Å². The molecule has 0 bridgehead atoms. The number of aryl methyl sites for hydroxylation is 1. The Hall–Kier alpha value is -1.55. The van der Waals surface area contributed by atoms with E-state index in [1.807, 2.05) is 24.3 Å². The Kier molecular flexibility index (Phi) is 5.16. The molecule has 18 heavy (non-hydrogen) atoms. The Morgan fingerprint density at radius 3 is 2.61 bits per heavy atom. The van der Waals surface area contributed by atoms with Crippen LogP contribution in [0.2, 0.25) is 0 Å². The van der Waals surface area contributed by atoms with Crippen LogP contribution in [0.4, 0.5) is 0 Å². The Balaban J connectivity index is 2.66. The fourth-order valence-corrected chi connectivity index (χ4v) is 1.52. The molecule has 0 aliphatic heterocycles. The van der Waals surface area contributed by atoms with Crippen molar-refractivity contribution in [3.63, 3.8) is 0 Å². The van der Waals surface area contributed by atoms with E-state index in [4.69, 9.17) is 15.2 Å². The van der Waals surface area contributed by atoms with E-state index in [0.29, 0.717) is 6.61 Å². The summed E-state index contributed by atoms with van der Waals surface area (Å²) in [6.07, 6.45) is 0.872. The van der Waals surface area contributed by atoms with Crippen LogP contribution in [0, 0.1) is 0 Å². The molecule has 0 saturated heterocycles. The van der Waals surface area contributed by atoms with E-state index < -0.39 is 11.5 Å². The summed E-state index contributed by atoms with van der Waals surface area (Å²) in [6, 6.07) is 7.72. The predicted octanol–water partition coefficient (Wildman–Crippen LogP) is 1.91. The highest BCUT2D eigenvalue weighted by molar-refractivity contribution is 5.80. The zero-order chi connectivity index (χ0) is 13.6. The molecule has 0 aliphatic carbocycles. The first-order valence-corrected chi connectivity index (χ1v) is 6.18. The third-order valence-corrected chi connectivity index (χ3v) is 2.62. The van der Waals surface area contributed by atoms with Crippen LogP contribution in [0.25, 0.3) is 0 Å². The van der Waals surface area contributed by atoms with Crippen LogP contribution in [0.15, 0.2) is 24.3 Å². The average Bonchev–Trinajstić information content (AvgIpc) is 2.37. The summed E-state index contributed by atoms with van der Waals surface area (Å²) in [6.45, 7) is 5.83. The molecular formula is C14H21NO3. The predicted molar refractivity (Wildman–Crippen MR) is 70.5 cm³/mol. The molecule has 4 heteroatoms. The van der Waals surface area contributed by atoms with Gasteiger partial charge >= 0.3 is 5.97 Å². The summed E-state index contributed by atoms with van der Waals surface area (Å²) < 4.78 is 10.5. The second-order valence-electron chi connectivity index (χ2n) is 4.39. The molecule has 0 aliphatic rings. The van der Waals surface area contributed by atoms with Crippen molar-refractivity contribution >= 4 is 5.97 Å². The molecule has 0 fully saturated rings. The van der Waals surface area contributed by atoms with Gasteiger partial charge in [0, 0.05) is 0 Å². The number of benzene rings is 1. The lowest BCUT2D eigenvalue weighted by Crippen LogP contribution is -2.51. The molecule has 1 aromatic rings. The number of hydrogen-bond donors (Lipinski definition) is 1. The van der Waals surface area contributed by atoms with E-state index in [1.54, 1.807) is 13.8 Å². The maximum Gasteiger partial charge on any atom is 0.329 e. The van der Waals surface area contributed by atoms with Crippen molar-refractivity contribution < 1.29 is 14.3 Å². The maximum atomic E-state index is 11.6. The number of ether oxygens (including phenoxy) is 2. The number of nitrogens with two attached hydrogens (primary N) is 1. The molecule has 4 nitrogen and oxygen atoms in total. The molecule has 1 unspecified atom stereocenters. The number of para-hydroxylation sites is 1. The minimum atomic E-state index is -1.13. The normalized spacial score (nSPS) is 13.8. The van der Waals surface area contributed by atoms with E-state index >= 15 is 0 Å². The fraction of sp³-hybridized carbons (Fsp3) is 0.500. The molecule has 0 saturated carbocycles. The quantitative estimate of drug-likeness (QED) is 0.784. The zero-order valence-electron chi connectivity index (χ0n) is 11.2. The van der Waals surface area contributed by atoms with Crippen molar-refractivity contribution in [1.29, 1.82) is 0 Å². The summed E-state index contributed by atoms with van der Waals surface area (Å²) in [5, 5.41) is 0. The number of rotatable bonds is 6. The monoisotopic (exact) mass is 251 g/mol. The lowest BCUT2D eigenvalue weighted by atomic mass is 10.1. The van der Waals surface area contributed by atoms with Crippen molar-refractivity contribution in [2.45, 2.75) is 32.7 Å². The van der Waals surface area contributed by atoms with E-state index in [2.05, 4.69) is 6.92 Å². The minimum absolute atomic E-state index is 0.100. The summed E-state index contributed by atoms with van der Waals surface area (Å²) in [5.74, 6) is 0.319. The number of hydrogen-bond acceptors (Lipinski definition) is 4.